The molecule has 0 heterocycles. The summed E-state index contributed by atoms with van der Waals surface area (Å²) in [5.41, 5.74) is 0. The molecule has 0 aliphatic rings. The summed E-state index contributed by atoms with van der Waals surface area (Å²) in [6.07, 6.45) is 1.98. The fraction of sp³-hybridized carbons (Fsp3) is 0.857. The van der Waals surface area contributed by atoms with E-state index < -0.39 is 0 Å². The highest BCUT2D eigenvalue weighted by Crippen LogP contribution is 2.02. The predicted octanol–water partition coefficient (Wildman–Crippen LogP) is 0.682. The summed E-state index contributed by atoms with van der Waals surface area (Å²) < 4.78 is 0. The van der Waals surface area contributed by atoms with E-state index in [2.05, 4.69) is 0 Å². The Kier molecular flexibility index (Phi) is 3.47. The second-order valence-corrected chi connectivity index (χ2v) is 2.77. The Morgan fingerprint density at radius 2 is 1.78 bits per heavy atom. The van der Waals surface area contributed by atoms with Crippen molar-refractivity contribution in [3.8, 4) is 0 Å². The number of likely N-dealkylation sites (N-methyl/N-ethyl adjacent to an activating group) is 1. The van der Waals surface area contributed by atoms with Gasteiger partial charge in [0.1, 0.15) is 0 Å². The minimum atomic E-state index is -0.0509. The van der Waals surface area contributed by atoms with E-state index in [0.29, 0.717) is 5.92 Å². The molecular formula is C7H14NO. The van der Waals surface area contributed by atoms with Crippen LogP contribution in [0.15, 0.2) is 0 Å². The Labute approximate surface area is 56.9 Å². The maximum Gasteiger partial charge on any atom is 0.217 e. The van der Waals surface area contributed by atoms with E-state index in [1.54, 1.807) is 0 Å². The number of rotatable bonds is 3. The van der Waals surface area contributed by atoms with Gasteiger partial charge in [-0.2, -0.15) is 0 Å². The van der Waals surface area contributed by atoms with E-state index in [-0.39, 0.29) is 6.04 Å². The molecule has 0 aromatic carbocycles. The van der Waals surface area contributed by atoms with Crippen LogP contribution in [0.2, 0.25) is 0 Å². The first-order valence-electron chi connectivity index (χ1n) is 3.13. The second-order valence-electron chi connectivity index (χ2n) is 2.77. The van der Waals surface area contributed by atoms with Crippen molar-refractivity contribution >= 4 is 6.29 Å². The maximum atomic E-state index is 10.2. The van der Waals surface area contributed by atoms with Crippen LogP contribution >= 0.6 is 0 Å². The molecule has 1 radical (unpaired) electrons. The van der Waals surface area contributed by atoms with Crippen molar-refractivity contribution in [3.05, 3.63) is 0 Å². The molecule has 0 fully saturated rings. The normalized spacial score (nSPS) is 14.4. The van der Waals surface area contributed by atoms with Crippen molar-refractivity contribution in [2.24, 2.45) is 5.92 Å². The molecule has 0 aromatic heterocycles. The molecule has 0 amide bonds. The lowest BCUT2D eigenvalue weighted by Crippen LogP contribution is -2.33. The minimum absolute atomic E-state index is 0.0509. The second kappa shape index (κ2) is 3.62. The van der Waals surface area contributed by atoms with E-state index in [4.69, 9.17) is 0 Å². The molecule has 0 spiro atoms. The molecule has 0 N–H and O–H groups in total. The summed E-state index contributed by atoms with van der Waals surface area (Å²) in [5.74, 6) is 0.359. The third-order valence-corrected chi connectivity index (χ3v) is 1.31. The largest absolute Gasteiger partial charge is 0.299 e. The molecule has 1 atom stereocenters. The van der Waals surface area contributed by atoms with Crippen molar-refractivity contribution in [1.29, 1.82) is 0 Å². The summed E-state index contributed by atoms with van der Waals surface area (Å²) in [6, 6.07) is -0.0509. The predicted molar refractivity (Wildman–Crippen MR) is 38.0 cm³/mol. The number of carbonyl (C=O) groups excluding carboxylic acids is 1. The molecule has 0 aliphatic carbocycles. The van der Waals surface area contributed by atoms with Gasteiger partial charge in [0.2, 0.25) is 6.29 Å². The Bertz CT molecular complexity index is 80.9. The molecule has 53 valence electrons. The summed E-state index contributed by atoms with van der Waals surface area (Å²) >= 11 is 0. The van der Waals surface area contributed by atoms with Gasteiger partial charge in [-0.05, 0) is 20.0 Å². The van der Waals surface area contributed by atoms with Gasteiger partial charge in [0.15, 0.2) is 0 Å². The van der Waals surface area contributed by atoms with Gasteiger partial charge in [-0.15, -0.1) is 0 Å². The maximum absolute atomic E-state index is 10.2. The molecule has 0 aromatic rings. The van der Waals surface area contributed by atoms with Crippen LogP contribution in [0.4, 0.5) is 0 Å². The third kappa shape index (κ3) is 2.61. The highest BCUT2D eigenvalue weighted by molar-refractivity contribution is 5.58. The molecular weight excluding hydrogens is 114 g/mol. The van der Waals surface area contributed by atoms with Crippen molar-refractivity contribution in [3.63, 3.8) is 0 Å². The molecule has 0 aliphatic heterocycles. The molecule has 1 unspecified atom stereocenters. The standard InChI is InChI=1S/C7H14NO/c1-6(2)7(5-9)8(3)4/h6-7H,1-4H3. The molecule has 0 saturated carbocycles. The van der Waals surface area contributed by atoms with Gasteiger partial charge in [0.05, 0.1) is 6.04 Å². The number of hydrogen-bond donors (Lipinski definition) is 0. The fourth-order valence-corrected chi connectivity index (χ4v) is 0.838. The SMILES string of the molecule is CC(C)C([C]=O)N(C)C. The van der Waals surface area contributed by atoms with Crippen LogP contribution in [0.5, 0.6) is 0 Å². The topological polar surface area (TPSA) is 20.3 Å². The van der Waals surface area contributed by atoms with Gasteiger partial charge in [-0.25, -0.2) is 0 Å². The zero-order valence-corrected chi connectivity index (χ0v) is 6.51. The first-order chi connectivity index (χ1) is 4.09. The summed E-state index contributed by atoms with van der Waals surface area (Å²) in [7, 11) is 3.77. The van der Waals surface area contributed by atoms with Gasteiger partial charge in [-0.3, -0.25) is 9.69 Å². The van der Waals surface area contributed by atoms with Gasteiger partial charge < -0.3 is 0 Å². The van der Waals surface area contributed by atoms with Crippen LogP contribution in [0.1, 0.15) is 13.8 Å². The Morgan fingerprint density at radius 3 is 1.78 bits per heavy atom. The smallest absolute Gasteiger partial charge is 0.217 e. The zero-order chi connectivity index (χ0) is 7.44. The van der Waals surface area contributed by atoms with Crippen LogP contribution in [0, 0.1) is 5.92 Å². The van der Waals surface area contributed by atoms with E-state index in [0.717, 1.165) is 0 Å². The van der Waals surface area contributed by atoms with Crippen LogP contribution in [0.3, 0.4) is 0 Å². The zero-order valence-electron chi connectivity index (χ0n) is 6.51. The monoisotopic (exact) mass is 128 g/mol. The van der Waals surface area contributed by atoms with Crippen molar-refractivity contribution < 1.29 is 4.79 Å². The lowest BCUT2D eigenvalue weighted by molar-refractivity contribution is 0.289. The third-order valence-electron chi connectivity index (χ3n) is 1.31. The lowest BCUT2D eigenvalue weighted by Gasteiger charge is -2.20. The Morgan fingerprint density at radius 1 is 1.33 bits per heavy atom. The van der Waals surface area contributed by atoms with Gasteiger partial charge >= 0.3 is 0 Å². The Hall–Kier alpha value is -0.370. The van der Waals surface area contributed by atoms with Gasteiger partial charge in [0.25, 0.3) is 0 Å². The molecule has 0 saturated heterocycles. The molecule has 9 heavy (non-hydrogen) atoms. The van der Waals surface area contributed by atoms with Gasteiger partial charge in [0, 0.05) is 0 Å². The number of hydrogen-bond acceptors (Lipinski definition) is 2. The molecule has 0 rings (SSSR count). The first kappa shape index (κ1) is 8.63. The van der Waals surface area contributed by atoms with Crippen LogP contribution in [-0.2, 0) is 4.79 Å². The fourth-order valence-electron chi connectivity index (χ4n) is 0.838. The van der Waals surface area contributed by atoms with Crippen LogP contribution < -0.4 is 0 Å². The molecule has 2 nitrogen and oxygen atoms in total. The lowest BCUT2D eigenvalue weighted by atomic mass is 10.1. The first-order valence-corrected chi connectivity index (χ1v) is 3.13. The highest BCUT2D eigenvalue weighted by atomic mass is 16.1. The minimum Gasteiger partial charge on any atom is -0.299 e. The van der Waals surface area contributed by atoms with E-state index in [1.807, 2.05) is 39.1 Å². The number of nitrogens with zero attached hydrogens (tertiary/aromatic N) is 1. The van der Waals surface area contributed by atoms with Crippen molar-refractivity contribution in [2.75, 3.05) is 14.1 Å². The van der Waals surface area contributed by atoms with E-state index in [9.17, 15) is 4.79 Å². The van der Waals surface area contributed by atoms with E-state index >= 15 is 0 Å². The van der Waals surface area contributed by atoms with Crippen molar-refractivity contribution in [2.45, 2.75) is 19.9 Å². The average molecular weight is 128 g/mol. The summed E-state index contributed by atoms with van der Waals surface area (Å²) in [6.45, 7) is 4.02. The van der Waals surface area contributed by atoms with Crippen molar-refractivity contribution in [1.82, 2.24) is 4.90 Å². The summed E-state index contributed by atoms with van der Waals surface area (Å²) in [5, 5.41) is 0. The van der Waals surface area contributed by atoms with Crippen LogP contribution in [0.25, 0.3) is 0 Å². The van der Waals surface area contributed by atoms with Crippen LogP contribution in [-0.4, -0.2) is 31.3 Å². The highest BCUT2D eigenvalue weighted by Gasteiger charge is 2.14. The molecule has 2 heteroatoms. The van der Waals surface area contributed by atoms with Gasteiger partial charge in [-0.1, -0.05) is 13.8 Å². The average Bonchev–Trinajstić information content (AvgIpc) is 1.64. The van der Waals surface area contributed by atoms with E-state index in [1.165, 1.54) is 0 Å². The quantitative estimate of drug-likeness (QED) is 0.557. The molecule has 0 bridgehead atoms. The Balaban J connectivity index is 3.82. The summed E-state index contributed by atoms with van der Waals surface area (Å²) in [4.78, 5) is 12.1.